The van der Waals surface area contributed by atoms with Gasteiger partial charge in [-0.1, -0.05) is 12.1 Å². The van der Waals surface area contributed by atoms with Crippen molar-refractivity contribution in [2.75, 3.05) is 13.1 Å². The first-order chi connectivity index (χ1) is 9.06. The van der Waals surface area contributed by atoms with Crippen LogP contribution in [0.2, 0.25) is 0 Å². The number of phenolic OH excluding ortho intramolecular Hbond substituents is 1. The van der Waals surface area contributed by atoms with Crippen LogP contribution in [-0.4, -0.2) is 34.8 Å². The molecule has 0 atom stereocenters. The van der Waals surface area contributed by atoms with E-state index in [1.54, 1.807) is 17.0 Å². The molecule has 1 aliphatic rings. The van der Waals surface area contributed by atoms with E-state index in [1.807, 2.05) is 12.1 Å². The number of carbonyl (C=O) groups is 2. The smallest absolute Gasteiger partial charge is 0.230 e. The van der Waals surface area contributed by atoms with E-state index >= 15 is 0 Å². The fourth-order valence-electron chi connectivity index (χ4n) is 2.53. The normalized spacial score (nSPS) is 16.4. The monoisotopic (exact) mass is 261 g/mol. The number of Topliss-reactive ketones (excluding diaryl/α,β-unsaturated/α-hetero) is 1. The number of amides is 1. The summed E-state index contributed by atoms with van der Waals surface area (Å²) in [6.45, 7) is 2.86. The Morgan fingerprint density at radius 3 is 2.32 bits per heavy atom. The van der Waals surface area contributed by atoms with Crippen molar-refractivity contribution in [3.63, 3.8) is 0 Å². The van der Waals surface area contributed by atoms with Crippen LogP contribution in [0.5, 0.6) is 5.75 Å². The minimum Gasteiger partial charge on any atom is -0.508 e. The Morgan fingerprint density at radius 2 is 1.79 bits per heavy atom. The number of likely N-dealkylation sites (tertiary alicyclic amines) is 1. The molecule has 4 heteroatoms. The number of aromatic hydroxyl groups is 1. The van der Waals surface area contributed by atoms with E-state index in [2.05, 4.69) is 0 Å². The Morgan fingerprint density at radius 1 is 1.21 bits per heavy atom. The lowest BCUT2D eigenvalue weighted by atomic mass is 9.89. The average Bonchev–Trinajstić information content (AvgIpc) is 2.39. The Bertz CT molecular complexity index is 459. The Kier molecular flexibility index (Phi) is 4.20. The highest BCUT2D eigenvalue weighted by molar-refractivity contribution is 5.96. The first-order valence-corrected chi connectivity index (χ1v) is 6.62. The Hall–Kier alpha value is -1.84. The number of nitrogens with zero attached hydrogens (tertiary/aromatic N) is 1. The largest absolute Gasteiger partial charge is 0.508 e. The standard InChI is InChI=1S/C15H19NO3/c1-11(17)10-15(19)16-8-6-13(7-9-16)12-2-4-14(18)5-3-12/h2-5,13,18H,6-10H2,1H3. The topological polar surface area (TPSA) is 57.6 Å². The predicted molar refractivity (Wildman–Crippen MR) is 72.0 cm³/mol. The lowest BCUT2D eigenvalue weighted by molar-refractivity contribution is -0.135. The molecule has 1 fully saturated rings. The second kappa shape index (κ2) is 5.87. The summed E-state index contributed by atoms with van der Waals surface area (Å²) in [5.74, 6) is 0.571. The second-order valence-electron chi connectivity index (χ2n) is 5.13. The van der Waals surface area contributed by atoms with Crippen LogP contribution in [-0.2, 0) is 9.59 Å². The quantitative estimate of drug-likeness (QED) is 0.847. The molecule has 1 heterocycles. The molecule has 1 aromatic rings. The van der Waals surface area contributed by atoms with Crippen molar-refractivity contribution in [1.29, 1.82) is 0 Å². The summed E-state index contributed by atoms with van der Waals surface area (Å²) in [6.07, 6.45) is 1.84. The van der Waals surface area contributed by atoms with Crippen molar-refractivity contribution in [3.05, 3.63) is 29.8 Å². The number of piperidine rings is 1. The number of hydrogen-bond donors (Lipinski definition) is 1. The van der Waals surface area contributed by atoms with Crippen LogP contribution < -0.4 is 0 Å². The lowest BCUT2D eigenvalue weighted by Crippen LogP contribution is -2.38. The molecule has 0 spiro atoms. The number of benzene rings is 1. The van der Waals surface area contributed by atoms with E-state index in [0.29, 0.717) is 19.0 Å². The van der Waals surface area contributed by atoms with Gasteiger partial charge in [-0.15, -0.1) is 0 Å². The maximum Gasteiger partial charge on any atom is 0.230 e. The minimum atomic E-state index is -0.0781. The first-order valence-electron chi connectivity index (χ1n) is 6.62. The van der Waals surface area contributed by atoms with E-state index in [0.717, 1.165) is 12.8 Å². The Labute approximate surface area is 113 Å². The zero-order valence-electron chi connectivity index (χ0n) is 11.1. The van der Waals surface area contributed by atoms with Crippen LogP contribution in [0.4, 0.5) is 0 Å². The SMILES string of the molecule is CC(=O)CC(=O)N1CCC(c2ccc(O)cc2)CC1. The van der Waals surface area contributed by atoms with Crippen molar-refractivity contribution in [2.45, 2.75) is 32.1 Å². The van der Waals surface area contributed by atoms with Gasteiger partial charge in [0, 0.05) is 13.1 Å². The molecule has 0 aromatic heterocycles. The third-order valence-electron chi connectivity index (χ3n) is 3.61. The highest BCUT2D eigenvalue weighted by Gasteiger charge is 2.24. The zero-order chi connectivity index (χ0) is 13.8. The summed E-state index contributed by atoms with van der Waals surface area (Å²) in [5.41, 5.74) is 1.21. The van der Waals surface area contributed by atoms with Gasteiger partial charge in [0.2, 0.25) is 5.91 Å². The molecule has 102 valence electrons. The highest BCUT2D eigenvalue weighted by atomic mass is 16.3. The molecule has 1 N–H and O–H groups in total. The minimum absolute atomic E-state index is 0.0177. The Balaban J connectivity index is 1.90. The van der Waals surface area contributed by atoms with E-state index in [-0.39, 0.29) is 23.9 Å². The molecule has 1 saturated heterocycles. The molecular formula is C15H19NO3. The van der Waals surface area contributed by atoms with Crippen molar-refractivity contribution >= 4 is 11.7 Å². The summed E-state index contributed by atoms with van der Waals surface area (Å²) in [4.78, 5) is 24.5. The van der Waals surface area contributed by atoms with E-state index in [1.165, 1.54) is 12.5 Å². The summed E-state index contributed by atoms with van der Waals surface area (Å²) >= 11 is 0. The van der Waals surface area contributed by atoms with Gasteiger partial charge in [-0.05, 0) is 43.4 Å². The molecule has 0 radical (unpaired) electrons. The molecule has 0 bridgehead atoms. The van der Waals surface area contributed by atoms with Crippen LogP contribution >= 0.6 is 0 Å². The molecule has 19 heavy (non-hydrogen) atoms. The summed E-state index contributed by atoms with van der Waals surface area (Å²) in [5, 5.41) is 9.27. The van der Waals surface area contributed by atoms with Gasteiger partial charge in [0.05, 0.1) is 6.42 Å². The van der Waals surface area contributed by atoms with Gasteiger partial charge in [0.25, 0.3) is 0 Å². The van der Waals surface area contributed by atoms with E-state index < -0.39 is 0 Å². The predicted octanol–water partition coefficient (Wildman–Crippen LogP) is 2.08. The van der Waals surface area contributed by atoms with Gasteiger partial charge in [-0.2, -0.15) is 0 Å². The molecule has 1 aromatic carbocycles. The third kappa shape index (κ3) is 3.56. The molecule has 0 unspecified atom stereocenters. The van der Waals surface area contributed by atoms with Crippen LogP contribution in [0.15, 0.2) is 24.3 Å². The summed E-state index contributed by atoms with van der Waals surface area (Å²) in [7, 11) is 0. The van der Waals surface area contributed by atoms with Crippen LogP contribution in [0.25, 0.3) is 0 Å². The molecule has 0 aliphatic carbocycles. The zero-order valence-corrected chi connectivity index (χ0v) is 11.1. The highest BCUT2D eigenvalue weighted by Crippen LogP contribution is 2.29. The van der Waals surface area contributed by atoms with Crippen LogP contribution in [0.3, 0.4) is 0 Å². The number of carbonyl (C=O) groups excluding carboxylic acids is 2. The number of hydrogen-bond acceptors (Lipinski definition) is 3. The molecular weight excluding hydrogens is 242 g/mol. The maximum atomic E-state index is 11.8. The second-order valence-corrected chi connectivity index (χ2v) is 5.13. The van der Waals surface area contributed by atoms with Gasteiger partial charge >= 0.3 is 0 Å². The van der Waals surface area contributed by atoms with Crippen molar-refractivity contribution in [1.82, 2.24) is 4.90 Å². The third-order valence-corrected chi connectivity index (χ3v) is 3.61. The molecule has 4 nitrogen and oxygen atoms in total. The number of rotatable bonds is 3. The van der Waals surface area contributed by atoms with Crippen LogP contribution in [0.1, 0.15) is 37.7 Å². The summed E-state index contributed by atoms with van der Waals surface area (Å²) < 4.78 is 0. The first kappa shape index (κ1) is 13.6. The van der Waals surface area contributed by atoms with Crippen molar-refractivity contribution < 1.29 is 14.7 Å². The van der Waals surface area contributed by atoms with Gasteiger partial charge in [-0.3, -0.25) is 9.59 Å². The number of phenols is 1. The lowest BCUT2D eigenvalue weighted by Gasteiger charge is -2.32. The van der Waals surface area contributed by atoms with Gasteiger partial charge in [-0.25, -0.2) is 0 Å². The van der Waals surface area contributed by atoms with E-state index in [4.69, 9.17) is 0 Å². The van der Waals surface area contributed by atoms with Crippen molar-refractivity contribution in [3.8, 4) is 5.75 Å². The summed E-state index contributed by atoms with van der Waals surface area (Å²) in [6, 6.07) is 7.27. The van der Waals surface area contributed by atoms with Gasteiger partial charge in [0.1, 0.15) is 11.5 Å². The average molecular weight is 261 g/mol. The molecule has 1 amide bonds. The van der Waals surface area contributed by atoms with Crippen molar-refractivity contribution in [2.24, 2.45) is 0 Å². The fraction of sp³-hybridized carbons (Fsp3) is 0.467. The number of ketones is 1. The molecule has 2 rings (SSSR count). The van der Waals surface area contributed by atoms with Gasteiger partial charge in [0.15, 0.2) is 0 Å². The van der Waals surface area contributed by atoms with Crippen LogP contribution in [0, 0.1) is 0 Å². The maximum absolute atomic E-state index is 11.8. The molecule has 1 aliphatic heterocycles. The van der Waals surface area contributed by atoms with Gasteiger partial charge < -0.3 is 10.0 Å². The van der Waals surface area contributed by atoms with E-state index in [9.17, 15) is 14.7 Å². The fourth-order valence-corrected chi connectivity index (χ4v) is 2.53. The molecule has 0 saturated carbocycles.